The van der Waals surface area contributed by atoms with Crippen LogP contribution in [0.2, 0.25) is 0 Å². The van der Waals surface area contributed by atoms with Gasteiger partial charge >= 0.3 is 0 Å². The number of methoxy groups -OCH3 is 1. The molecule has 0 saturated heterocycles. The van der Waals surface area contributed by atoms with Crippen molar-refractivity contribution in [1.29, 1.82) is 0 Å². The quantitative estimate of drug-likeness (QED) is 0.369. The highest BCUT2D eigenvalue weighted by Crippen LogP contribution is 2.42. The lowest BCUT2D eigenvalue weighted by molar-refractivity contribution is 0.0693. The van der Waals surface area contributed by atoms with Crippen LogP contribution in [0.15, 0.2) is 52.3 Å². The number of hydrogen-bond acceptors (Lipinski definition) is 3. The van der Waals surface area contributed by atoms with Crippen molar-refractivity contribution in [2.24, 2.45) is 0 Å². The molecule has 1 N–H and O–H groups in total. The van der Waals surface area contributed by atoms with Crippen LogP contribution in [0.1, 0.15) is 32.5 Å². The topological polar surface area (TPSA) is 45.3 Å². The average molecular weight is 503 g/mol. The molecule has 158 valence electrons. The first-order chi connectivity index (χ1) is 14.9. The van der Waals surface area contributed by atoms with Crippen LogP contribution in [0.25, 0.3) is 10.9 Å². The van der Waals surface area contributed by atoms with Crippen LogP contribution in [-0.4, -0.2) is 29.4 Å². The number of thiophene rings is 1. The monoisotopic (exact) mass is 502 g/mol. The number of nitrogens with zero attached hydrogens (tertiary/aromatic N) is 1. The molecule has 0 radical (unpaired) electrons. The van der Waals surface area contributed by atoms with Crippen LogP contribution >= 0.6 is 27.3 Å². The standard InChI is InChI=1S/C23H17BrF2N2O2S/c1-30-16-2-3-19-18(10-16)17-4-5-28(23(29)12-6-14(25)9-15(26)7-12)22(21(17)27-19)20-8-13(24)11-31-20/h2-3,6-11,22,27H,4-5H2,1H3. The second kappa shape index (κ2) is 7.76. The summed E-state index contributed by atoms with van der Waals surface area (Å²) in [6.07, 6.45) is 0.620. The maximum absolute atomic E-state index is 13.8. The first-order valence-corrected chi connectivity index (χ1v) is 11.3. The number of halogens is 3. The van der Waals surface area contributed by atoms with Gasteiger partial charge in [0.15, 0.2) is 0 Å². The number of carbonyl (C=O) groups excluding carboxylic acids is 1. The number of rotatable bonds is 3. The molecular formula is C23H17BrF2N2O2S. The molecule has 1 amide bonds. The molecule has 3 heterocycles. The van der Waals surface area contributed by atoms with E-state index >= 15 is 0 Å². The lowest BCUT2D eigenvalue weighted by Gasteiger charge is -2.35. The van der Waals surface area contributed by atoms with Gasteiger partial charge in [0.25, 0.3) is 5.91 Å². The smallest absolute Gasteiger partial charge is 0.254 e. The van der Waals surface area contributed by atoms with E-state index in [2.05, 4.69) is 20.9 Å². The number of hydrogen-bond donors (Lipinski definition) is 1. The van der Waals surface area contributed by atoms with Crippen molar-refractivity contribution < 1.29 is 18.3 Å². The molecule has 1 aliphatic rings. The molecule has 0 aliphatic carbocycles. The summed E-state index contributed by atoms with van der Waals surface area (Å²) in [7, 11) is 1.63. The SMILES string of the molecule is COc1ccc2[nH]c3c(c2c1)CCN(C(=O)c1cc(F)cc(F)c1)C3c1cc(Br)cs1. The number of H-pyrrole nitrogens is 1. The molecular weight excluding hydrogens is 486 g/mol. The Kier molecular flexibility index (Phi) is 5.06. The average Bonchev–Trinajstić information content (AvgIpc) is 3.34. The van der Waals surface area contributed by atoms with Crippen LogP contribution in [-0.2, 0) is 6.42 Å². The Bertz CT molecular complexity index is 1300. The molecule has 1 unspecified atom stereocenters. The highest BCUT2D eigenvalue weighted by atomic mass is 79.9. The number of aromatic nitrogens is 1. The molecule has 1 aliphatic heterocycles. The molecule has 2 aromatic heterocycles. The zero-order valence-corrected chi connectivity index (χ0v) is 18.8. The van der Waals surface area contributed by atoms with Gasteiger partial charge in [0.05, 0.1) is 7.11 Å². The predicted molar refractivity (Wildman–Crippen MR) is 120 cm³/mol. The van der Waals surface area contributed by atoms with E-state index in [9.17, 15) is 13.6 Å². The molecule has 4 nitrogen and oxygen atoms in total. The van der Waals surface area contributed by atoms with E-state index in [0.29, 0.717) is 13.0 Å². The van der Waals surface area contributed by atoms with Crippen molar-refractivity contribution in [2.45, 2.75) is 12.5 Å². The van der Waals surface area contributed by atoms with Gasteiger partial charge in [-0.3, -0.25) is 4.79 Å². The van der Waals surface area contributed by atoms with Gasteiger partial charge < -0.3 is 14.6 Å². The van der Waals surface area contributed by atoms with E-state index in [1.165, 1.54) is 11.3 Å². The van der Waals surface area contributed by atoms with Crippen molar-refractivity contribution in [3.05, 3.63) is 85.6 Å². The maximum Gasteiger partial charge on any atom is 0.254 e. The minimum absolute atomic E-state index is 0.000600. The number of aromatic amines is 1. The fourth-order valence-corrected chi connectivity index (χ4v) is 5.79. The minimum atomic E-state index is -0.769. The van der Waals surface area contributed by atoms with E-state index in [4.69, 9.17) is 4.74 Å². The zero-order chi connectivity index (χ0) is 21.7. The van der Waals surface area contributed by atoms with Crippen LogP contribution in [0, 0.1) is 11.6 Å². The van der Waals surface area contributed by atoms with E-state index in [0.717, 1.165) is 55.5 Å². The Morgan fingerprint density at radius 1 is 1.19 bits per heavy atom. The third-order valence-electron chi connectivity index (χ3n) is 5.56. The van der Waals surface area contributed by atoms with Crippen LogP contribution in [0.5, 0.6) is 5.75 Å². The van der Waals surface area contributed by atoms with Crippen molar-refractivity contribution in [3.8, 4) is 5.75 Å². The van der Waals surface area contributed by atoms with Crippen molar-refractivity contribution in [3.63, 3.8) is 0 Å². The molecule has 1 atom stereocenters. The molecule has 8 heteroatoms. The van der Waals surface area contributed by atoms with Gasteiger partial charge in [-0.2, -0.15) is 0 Å². The van der Waals surface area contributed by atoms with Crippen molar-refractivity contribution in [1.82, 2.24) is 9.88 Å². The van der Waals surface area contributed by atoms with E-state index in [1.807, 2.05) is 29.6 Å². The number of ether oxygens (including phenoxy) is 1. The van der Waals surface area contributed by atoms with Gasteiger partial charge in [-0.25, -0.2) is 8.78 Å². The zero-order valence-electron chi connectivity index (χ0n) is 16.4. The Labute approximate surface area is 189 Å². The summed E-state index contributed by atoms with van der Waals surface area (Å²) < 4.78 is 33.9. The molecule has 0 spiro atoms. The molecule has 31 heavy (non-hydrogen) atoms. The molecule has 0 bridgehead atoms. The van der Waals surface area contributed by atoms with Gasteiger partial charge in [0, 0.05) is 49.5 Å². The first-order valence-electron chi connectivity index (χ1n) is 9.64. The van der Waals surface area contributed by atoms with Gasteiger partial charge in [0.1, 0.15) is 23.4 Å². The molecule has 0 fully saturated rings. The number of amides is 1. The van der Waals surface area contributed by atoms with Crippen LogP contribution in [0.4, 0.5) is 8.78 Å². The molecule has 4 aromatic rings. The number of nitrogens with one attached hydrogen (secondary N) is 1. The normalized spacial score (nSPS) is 15.9. The lowest BCUT2D eigenvalue weighted by atomic mass is 9.95. The van der Waals surface area contributed by atoms with Gasteiger partial charge in [-0.05, 0) is 64.3 Å². The summed E-state index contributed by atoms with van der Waals surface area (Å²) in [5, 5.41) is 3.01. The fraction of sp³-hybridized carbons (Fsp3) is 0.174. The van der Waals surface area contributed by atoms with Gasteiger partial charge in [0.2, 0.25) is 0 Å². The Hall–Kier alpha value is -2.71. The van der Waals surface area contributed by atoms with E-state index < -0.39 is 23.6 Å². The minimum Gasteiger partial charge on any atom is -0.497 e. The number of fused-ring (bicyclic) bond motifs is 3. The summed E-state index contributed by atoms with van der Waals surface area (Å²) in [6.45, 7) is 0.425. The van der Waals surface area contributed by atoms with E-state index in [1.54, 1.807) is 12.0 Å². The maximum atomic E-state index is 13.8. The Balaban J connectivity index is 1.66. The lowest BCUT2D eigenvalue weighted by Crippen LogP contribution is -2.40. The van der Waals surface area contributed by atoms with Crippen LogP contribution in [0.3, 0.4) is 0 Å². The summed E-state index contributed by atoms with van der Waals surface area (Å²) in [5.74, 6) is -1.18. The number of benzene rings is 2. The Morgan fingerprint density at radius 2 is 1.97 bits per heavy atom. The van der Waals surface area contributed by atoms with Crippen molar-refractivity contribution >= 4 is 44.1 Å². The molecule has 5 rings (SSSR count). The largest absolute Gasteiger partial charge is 0.497 e. The molecule has 2 aromatic carbocycles. The highest BCUT2D eigenvalue weighted by molar-refractivity contribution is 9.10. The second-order valence-corrected chi connectivity index (χ2v) is 9.26. The highest BCUT2D eigenvalue weighted by Gasteiger charge is 2.36. The second-order valence-electron chi connectivity index (χ2n) is 7.41. The van der Waals surface area contributed by atoms with Gasteiger partial charge in [-0.15, -0.1) is 11.3 Å². The first kappa shape index (κ1) is 20.2. The third-order valence-corrected chi connectivity index (χ3v) is 7.31. The molecule has 0 saturated carbocycles. The van der Waals surface area contributed by atoms with E-state index in [-0.39, 0.29) is 5.56 Å². The van der Waals surface area contributed by atoms with Gasteiger partial charge in [-0.1, -0.05) is 0 Å². The number of carbonyl (C=O) groups is 1. The summed E-state index contributed by atoms with van der Waals surface area (Å²) in [5.41, 5.74) is 2.99. The Morgan fingerprint density at radius 3 is 2.65 bits per heavy atom. The summed E-state index contributed by atoms with van der Waals surface area (Å²) in [6, 6.07) is 10.4. The van der Waals surface area contributed by atoms with Crippen molar-refractivity contribution in [2.75, 3.05) is 13.7 Å². The fourth-order valence-electron chi connectivity index (χ4n) is 4.22. The van der Waals surface area contributed by atoms with Crippen LogP contribution < -0.4 is 4.74 Å². The predicted octanol–water partition coefficient (Wildman–Crippen LogP) is 6.07. The third kappa shape index (κ3) is 3.53. The summed E-state index contributed by atoms with van der Waals surface area (Å²) >= 11 is 5.02. The summed E-state index contributed by atoms with van der Waals surface area (Å²) in [4.78, 5) is 19.5.